The van der Waals surface area contributed by atoms with Crippen LogP contribution in [0.2, 0.25) is 0 Å². The molecule has 0 aromatic heterocycles. The average molecular weight is 338 g/mol. The third-order valence-corrected chi connectivity index (χ3v) is 4.43. The zero-order chi connectivity index (χ0) is 17.8. The van der Waals surface area contributed by atoms with Gasteiger partial charge in [0.05, 0.1) is 6.04 Å². The van der Waals surface area contributed by atoms with E-state index in [2.05, 4.69) is 29.4 Å². The SMILES string of the molecule is CN1CCN(C(=O)c2ccc(NC(N)=O)cc2)C(c2ccccc2)C1. The summed E-state index contributed by atoms with van der Waals surface area (Å²) in [5, 5.41) is 2.50. The van der Waals surface area contributed by atoms with Gasteiger partial charge in [-0.15, -0.1) is 0 Å². The first-order valence-electron chi connectivity index (χ1n) is 8.25. The van der Waals surface area contributed by atoms with Crippen molar-refractivity contribution in [3.8, 4) is 0 Å². The molecule has 1 fully saturated rings. The standard InChI is InChI=1S/C19H22N4O2/c1-22-11-12-23(17(13-22)14-5-3-2-4-6-14)18(24)15-7-9-16(10-8-15)21-19(20)25/h2-10,17H,11-13H2,1H3,(H3,20,21,25). The monoisotopic (exact) mass is 338 g/mol. The van der Waals surface area contributed by atoms with Gasteiger partial charge in [-0.2, -0.15) is 0 Å². The number of carbonyl (C=O) groups is 2. The third kappa shape index (κ3) is 3.97. The topological polar surface area (TPSA) is 78.7 Å². The number of primary amides is 1. The van der Waals surface area contributed by atoms with Crippen molar-refractivity contribution in [1.82, 2.24) is 9.80 Å². The number of carbonyl (C=O) groups excluding carboxylic acids is 2. The van der Waals surface area contributed by atoms with E-state index in [0.717, 1.165) is 18.7 Å². The minimum Gasteiger partial charge on any atom is -0.351 e. The molecule has 3 rings (SSSR count). The maximum absolute atomic E-state index is 13.0. The van der Waals surface area contributed by atoms with Gasteiger partial charge in [-0.1, -0.05) is 30.3 Å². The lowest BCUT2D eigenvalue weighted by Gasteiger charge is -2.40. The summed E-state index contributed by atoms with van der Waals surface area (Å²) in [6.07, 6.45) is 0. The van der Waals surface area contributed by atoms with Crippen LogP contribution in [0.1, 0.15) is 22.0 Å². The Morgan fingerprint density at radius 2 is 1.72 bits per heavy atom. The molecule has 2 aromatic carbocycles. The first-order chi connectivity index (χ1) is 12.0. The number of likely N-dealkylation sites (N-methyl/N-ethyl adjacent to an activating group) is 1. The zero-order valence-electron chi connectivity index (χ0n) is 14.2. The number of hydrogen-bond donors (Lipinski definition) is 2. The molecule has 1 aliphatic rings. The Balaban J connectivity index is 1.82. The molecule has 1 unspecified atom stereocenters. The van der Waals surface area contributed by atoms with Crippen molar-refractivity contribution in [3.63, 3.8) is 0 Å². The van der Waals surface area contributed by atoms with Gasteiger partial charge >= 0.3 is 6.03 Å². The molecule has 3 amide bonds. The molecule has 1 aliphatic heterocycles. The molecule has 0 saturated carbocycles. The number of amides is 3. The summed E-state index contributed by atoms with van der Waals surface area (Å²) in [6.45, 7) is 2.32. The molecule has 1 saturated heterocycles. The smallest absolute Gasteiger partial charge is 0.316 e. The summed E-state index contributed by atoms with van der Waals surface area (Å²) in [6, 6.07) is 16.3. The van der Waals surface area contributed by atoms with Crippen molar-refractivity contribution < 1.29 is 9.59 Å². The van der Waals surface area contributed by atoms with Crippen molar-refractivity contribution in [3.05, 3.63) is 65.7 Å². The van der Waals surface area contributed by atoms with Crippen molar-refractivity contribution in [2.45, 2.75) is 6.04 Å². The van der Waals surface area contributed by atoms with Gasteiger partial charge in [-0.05, 0) is 36.9 Å². The minimum atomic E-state index is -0.623. The van der Waals surface area contributed by atoms with Crippen LogP contribution in [0, 0.1) is 0 Å². The van der Waals surface area contributed by atoms with Crippen LogP contribution in [-0.4, -0.2) is 48.4 Å². The fraction of sp³-hybridized carbons (Fsp3) is 0.263. The van der Waals surface area contributed by atoms with Crippen LogP contribution in [0.15, 0.2) is 54.6 Å². The van der Waals surface area contributed by atoms with Crippen LogP contribution in [0.25, 0.3) is 0 Å². The molecule has 1 heterocycles. The molecule has 0 radical (unpaired) electrons. The highest BCUT2D eigenvalue weighted by Gasteiger charge is 2.30. The van der Waals surface area contributed by atoms with E-state index < -0.39 is 6.03 Å². The van der Waals surface area contributed by atoms with Gasteiger partial charge in [0.15, 0.2) is 0 Å². The molecule has 130 valence electrons. The van der Waals surface area contributed by atoms with E-state index in [4.69, 9.17) is 5.73 Å². The highest BCUT2D eigenvalue weighted by atomic mass is 16.2. The highest BCUT2D eigenvalue weighted by Crippen LogP contribution is 2.26. The lowest BCUT2D eigenvalue weighted by Crippen LogP contribution is -2.49. The number of urea groups is 1. The summed E-state index contributed by atoms with van der Waals surface area (Å²) in [7, 11) is 2.07. The molecule has 6 nitrogen and oxygen atoms in total. The predicted octanol–water partition coefficient (Wildman–Crippen LogP) is 2.31. The van der Waals surface area contributed by atoms with Crippen LogP contribution in [0.4, 0.5) is 10.5 Å². The van der Waals surface area contributed by atoms with Crippen molar-refractivity contribution >= 4 is 17.6 Å². The number of anilines is 1. The zero-order valence-corrected chi connectivity index (χ0v) is 14.2. The van der Waals surface area contributed by atoms with Crippen LogP contribution in [-0.2, 0) is 0 Å². The number of benzene rings is 2. The van der Waals surface area contributed by atoms with E-state index in [1.807, 2.05) is 23.1 Å². The first-order valence-corrected chi connectivity index (χ1v) is 8.25. The summed E-state index contributed by atoms with van der Waals surface area (Å²) >= 11 is 0. The second-order valence-electron chi connectivity index (χ2n) is 6.25. The van der Waals surface area contributed by atoms with Crippen LogP contribution < -0.4 is 11.1 Å². The van der Waals surface area contributed by atoms with Crippen molar-refractivity contribution in [2.75, 3.05) is 32.0 Å². The van der Waals surface area contributed by atoms with E-state index in [-0.39, 0.29) is 11.9 Å². The van der Waals surface area contributed by atoms with E-state index in [1.54, 1.807) is 24.3 Å². The number of nitrogens with two attached hydrogens (primary N) is 1. The lowest BCUT2D eigenvalue weighted by atomic mass is 10.0. The Labute approximate surface area is 147 Å². The van der Waals surface area contributed by atoms with Crippen LogP contribution in [0.5, 0.6) is 0 Å². The van der Waals surface area contributed by atoms with E-state index in [9.17, 15) is 9.59 Å². The predicted molar refractivity (Wildman–Crippen MR) is 97.4 cm³/mol. The summed E-state index contributed by atoms with van der Waals surface area (Å²) in [4.78, 5) is 28.1. The second kappa shape index (κ2) is 7.36. The first kappa shape index (κ1) is 17.0. The summed E-state index contributed by atoms with van der Waals surface area (Å²) in [5.74, 6) is -0.00687. The molecule has 0 spiro atoms. The van der Waals surface area contributed by atoms with E-state index in [0.29, 0.717) is 17.8 Å². The Kier molecular flexibility index (Phi) is 5.00. The van der Waals surface area contributed by atoms with Gasteiger partial charge in [0.1, 0.15) is 0 Å². The Hall–Kier alpha value is -2.86. The van der Waals surface area contributed by atoms with Gasteiger partial charge in [-0.25, -0.2) is 4.79 Å². The van der Waals surface area contributed by atoms with Gasteiger partial charge in [0.25, 0.3) is 5.91 Å². The van der Waals surface area contributed by atoms with Crippen molar-refractivity contribution in [1.29, 1.82) is 0 Å². The largest absolute Gasteiger partial charge is 0.351 e. The molecular formula is C19H22N4O2. The number of rotatable bonds is 3. The molecule has 6 heteroatoms. The maximum Gasteiger partial charge on any atom is 0.316 e. The average Bonchev–Trinajstić information content (AvgIpc) is 2.62. The minimum absolute atomic E-state index is 0.00687. The lowest BCUT2D eigenvalue weighted by molar-refractivity contribution is 0.0498. The Morgan fingerprint density at radius 3 is 2.36 bits per heavy atom. The van der Waals surface area contributed by atoms with Gasteiger partial charge in [0, 0.05) is 30.9 Å². The fourth-order valence-corrected chi connectivity index (χ4v) is 3.13. The summed E-state index contributed by atoms with van der Waals surface area (Å²) < 4.78 is 0. The molecular weight excluding hydrogens is 316 g/mol. The maximum atomic E-state index is 13.0. The fourth-order valence-electron chi connectivity index (χ4n) is 3.13. The van der Waals surface area contributed by atoms with Crippen LogP contribution in [0.3, 0.4) is 0 Å². The van der Waals surface area contributed by atoms with Crippen molar-refractivity contribution in [2.24, 2.45) is 5.73 Å². The highest BCUT2D eigenvalue weighted by molar-refractivity contribution is 5.95. The van der Waals surface area contributed by atoms with Gasteiger partial charge < -0.3 is 20.9 Å². The summed E-state index contributed by atoms with van der Waals surface area (Å²) in [5.41, 5.74) is 7.41. The third-order valence-electron chi connectivity index (χ3n) is 4.43. The molecule has 0 aliphatic carbocycles. The Bertz CT molecular complexity index is 746. The number of hydrogen-bond acceptors (Lipinski definition) is 3. The van der Waals surface area contributed by atoms with Gasteiger partial charge in [0.2, 0.25) is 0 Å². The number of piperazine rings is 1. The second-order valence-corrected chi connectivity index (χ2v) is 6.25. The normalized spacial score (nSPS) is 18.0. The molecule has 2 aromatic rings. The molecule has 0 bridgehead atoms. The molecule has 1 atom stereocenters. The number of nitrogens with one attached hydrogen (secondary N) is 1. The number of nitrogens with zero attached hydrogens (tertiary/aromatic N) is 2. The molecule has 3 N–H and O–H groups in total. The molecule has 25 heavy (non-hydrogen) atoms. The quantitative estimate of drug-likeness (QED) is 0.901. The Morgan fingerprint density at radius 1 is 1.04 bits per heavy atom. The van der Waals surface area contributed by atoms with E-state index in [1.165, 1.54) is 0 Å². The van der Waals surface area contributed by atoms with E-state index >= 15 is 0 Å². The van der Waals surface area contributed by atoms with Crippen LogP contribution >= 0.6 is 0 Å². The van der Waals surface area contributed by atoms with Gasteiger partial charge in [-0.3, -0.25) is 4.79 Å².